The molecule has 2 amide bonds. The summed E-state index contributed by atoms with van der Waals surface area (Å²) in [6.45, 7) is 3.51. The van der Waals surface area contributed by atoms with Gasteiger partial charge in [-0.1, -0.05) is 48.5 Å². The van der Waals surface area contributed by atoms with Crippen LogP contribution >= 0.6 is 11.3 Å². The number of thiophene rings is 1. The Labute approximate surface area is 228 Å². The van der Waals surface area contributed by atoms with E-state index in [0.29, 0.717) is 23.4 Å². The standard InChI is InChI=1S/C31H32N4O2S/c1-33(2)20-21-34-18-8-19-35(28-17-22-38-31(28)34)30(37)24-13-15-25(16-14-24)32-29(36)27-12-7-6-11-26(27)23-9-4-3-5-10-23/h3-7,9-17,22H,8,18-21H2,1-2H3,(H,32,36). The molecule has 0 radical (unpaired) electrons. The molecule has 2 heterocycles. The lowest BCUT2D eigenvalue weighted by atomic mass is 9.99. The zero-order valence-electron chi connectivity index (χ0n) is 21.8. The molecule has 1 N–H and O–H groups in total. The van der Waals surface area contributed by atoms with Crippen LogP contribution in [0, 0.1) is 0 Å². The first-order chi connectivity index (χ1) is 18.5. The van der Waals surface area contributed by atoms with Gasteiger partial charge in [0.25, 0.3) is 11.8 Å². The number of hydrogen-bond acceptors (Lipinski definition) is 5. The Balaban J connectivity index is 1.30. The highest BCUT2D eigenvalue weighted by atomic mass is 32.1. The minimum absolute atomic E-state index is 0.0218. The van der Waals surface area contributed by atoms with Crippen molar-refractivity contribution in [3.8, 4) is 11.1 Å². The molecule has 3 aromatic carbocycles. The molecule has 0 atom stereocenters. The van der Waals surface area contributed by atoms with E-state index in [4.69, 9.17) is 0 Å². The molecule has 0 spiro atoms. The maximum atomic E-state index is 13.6. The van der Waals surface area contributed by atoms with E-state index in [0.717, 1.165) is 47.9 Å². The summed E-state index contributed by atoms with van der Waals surface area (Å²) in [5.41, 5.74) is 4.70. The van der Waals surface area contributed by atoms with Crippen molar-refractivity contribution < 1.29 is 9.59 Å². The summed E-state index contributed by atoms with van der Waals surface area (Å²) in [4.78, 5) is 33.2. The van der Waals surface area contributed by atoms with E-state index in [1.807, 2.05) is 65.6 Å². The zero-order chi connectivity index (χ0) is 26.5. The maximum Gasteiger partial charge on any atom is 0.258 e. The van der Waals surface area contributed by atoms with Gasteiger partial charge >= 0.3 is 0 Å². The van der Waals surface area contributed by atoms with Crippen molar-refractivity contribution in [3.05, 3.63) is 101 Å². The van der Waals surface area contributed by atoms with Gasteiger partial charge < -0.3 is 20.0 Å². The van der Waals surface area contributed by atoms with Crippen molar-refractivity contribution in [2.45, 2.75) is 6.42 Å². The van der Waals surface area contributed by atoms with E-state index in [-0.39, 0.29) is 11.8 Å². The molecule has 0 saturated carbocycles. The van der Waals surface area contributed by atoms with Crippen molar-refractivity contribution in [2.75, 3.05) is 55.4 Å². The fourth-order valence-corrected chi connectivity index (χ4v) is 5.68. The third-order valence-electron chi connectivity index (χ3n) is 6.72. The minimum atomic E-state index is -0.184. The average molecular weight is 525 g/mol. The van der Waals surface area contributed by atoms with Crippen molar-refractivity contribution in [1.82, 2.24) is 4.90 Å². The Morgan fingerprint density at radius 2 is 1.63 bits per heavy atom. The molecule has 0 saturated heterocycles. The second kappa shape index (κ2) is 11.6. The lowest BCUT2D eigenvalue weighted by molar-refractivity contribution is 0.0986. The Morgan fingerprint density at radius 3 is 2.39 bits per heavy atom. The second-order valence-corrected chi connectivity index (χ2v) is 10.5. The predicted molar refractivity (Wildman–Crippen MR) is 158 cm³/mol. The lowest BCUT2D eigenvalue weighted by Gasteiger charge is -2.25. The monoisotopic (exact) mass is 524 g/mol. The fraction of sp³-hybridized carbons (Fsp3) is 0.226. The number of amides is 2. The predicted octanol–water partition coefficient (Wildman–Crippen LogP) is 6.09. The van der Waals surface area contributed by atoms with Gasteiger partial charge in [-0.3, -0.25) is 9.59 Å². The first kappa shape index (κ1) is 25.7. The molecule has 1 aromatic heterocycles. The Kier molecular flexibility index (Phi) is 7.86. The van der Waals surface area contributed by atoms with Crippen LogP contribution in [0.25, 0.3) is 11.1 Å². The molecule has 0 fully saturated rings. The highest BCUT2D eigenvalue weighted by Crippen LogP contribution is 2.38. The fourth-order valence-electron chi connectivity index (χ4n) is 4.72. The summed E-state index contributed by atoms with van der Waals surface area (Å²) in [6, 6.07) is 26.7. The first-order valence-corrected chi connectivity index (χ1v) is 13.7. The number of benzene rings is 3. The van der Waals surface area contributed by atoms with Crippen LogP contribution in [0.4, 0.5) is 16.4 Å². The number of carbonyl (C=O) groups is 2. The summed E-state index contributed by atoms with van der Waals surface area (Å²) < 4.78 is 0. The highest BCUT2D eigenvalue weighted by Gasteiger charge is 2.26. The van der Waals surface area contributed by atoms with E-state index in [2.05, 4.69) is 34.6 Å². The summed E-state index contributed by atoms with van der Waals surface area (Å²) >= 11 is 1.69. The maximum absolute atomic E-state index is 13.6. The van der Waals surface area contributed by atoms with Crippen molar-refractivity contribution >= 4 is 39.5 Å². The van der Waals surface area contributed by atoms with Crippen LogP contribution in [0.5, 0.6) is 0 Å². The van der Waals surface area contributed by atoms with Crippen LogP contribution in [-0.4, -0.2) is 57.0 Å². The molecule has 6 nitrogen and oxygen atoms in total. The highest BCUT2D eigenvalue weighted by molar-refractivity contribution is 7.15. The van der Waals surface area contributed by atoms with Crippen LogP contribution in [-0.2, 0) is 0 Å². The van der Waals surface area contributed by atoms with Crippen LogP contribution < -0.4 is 15.1 Å². The van der Waals surface area contributed by atoms with Crippen molar-refractivity contribution in [1.29, 1.82) is 0 Å². The van der Waals surface area contributed by atoms with Crippen LogP contribution in [0.2, 0.25) is 0 Å². The third-order valence-corrected chi connectivity index (χ3v) is 7.68. The number of nitrogens with one attached hydrogen (secondary N) is 1. The molecule has 0 aliphatic carbocycles. The molecule has 5 rings (SSSR count). The molecule has 0 unspecified atom stereocenters. The van der Waals surface area contributed by atoms with Crippen LogP contribution in [0.3, 0.4) is 0 Å². The smallest absolute Gasteiger partial charge is 0.258 e. The van der Waals surface area contributed by atoms with Gasteiger partial charge in [-0.2, -0.15) is 0 Å². The van der Waals surface area contributed by atoms with E-state index in [1.165, 1.54) is 0 Å². The molecule has 38 heavy (non-hydrogen) atoms. The summed E-state index contributed by atoms with van der Waals surface area (Å²) in [6.07, 6.45) is 0.912. The lowest BCUT2D eigenvalue weighted by Crippen LogP contribution is -2.31. The van der Waals surface area contributed by atoms with Crippen LogP contribution in [0.15, 0.2) is 90.3 Å². The Morgan fingerprint density at radius 1 is 0.895 bits per heavy atom. The minimum Gasteiger partial charge on any atom is -0.360 e. The molecule has 4 aromatic rings. The largest absolute Gasteiger partial charge is 0.360 e. The van der Waals surface area contributed by atoms with Gasteiger partial charge in [0.1, 0.15) is 5.00 Å². The SMILES string of the molecule is CN(C)CCN1CCCN(C(=O)c2ccc(NC(=O)c3ccccc3-c3ccccc3)cc2)c2ccsc21. The molecule has 7 heteroatoms. The van der Waals surface area contributed by atoms with E-state index >= 15 is 0 Å². The van der Waals surface area contributed by atoms with Gasteiger partial charge in [0.15, 0.2) is 0 Å². The van der Waals surface area contributed by atoms with Gasteiger partial charge in [-0.25, -0.2) is 0 Å². The van der Waals surface area contributed by atoms with E-state index < -0.39 is 0 Å². The topological polar surface area (TPSA) is 55.9 Å². The molecule has 1 aliphatic rings. The molecule has 194 valence electrons. The van der Waals surface area contributed by atoms with Gasteiger partial charge in [0, 0.05) is 43.0 Å². The van der Waals surface area contributed by atoms with Crippen molar-refractivity contribution in [3.63, 3.8) is 0 Å². The molecule has 0 bridgehead atoms. The second-order valence-electron chi connectivity index (χ2n) is 9.65. The number of rotatable bonds is 7. The molecular formula is C31H32N4O2S. The number of carbonyl (C=O) groups excluding carboxylic acids is 2. The Hall–Kier alpha value is -3.94. The summed E-state index contributed by atoms with van der Waals surface area (Å²) in [7, 11) is 4.16. The number of nitrogens with zero attached hydrogens (tertiary/aromatic N) is 3. The normalized spacial score (nSPS) is 13.2. The number of fused-ring (bicyclic) bond motifs is 1. The quantitative estimate of drug-likeness (QED) is 0.318. The molecule has 1 aliphatic heterocycles. The number of anilines is 3. The van der Waals surface area contributed by atoms with E-state index in [1.54, 1.807) is 35.6 Å². The van der Waals surface area contributed by atoms with Gasteiger partial charge in [0.05, 0.1) is 5.69 Å². The molecular weight excluding hydrogens is 492 g/mol. The Bertz CT molecular complexity index is 1400. The van der Waals surface area contributed by atoms with E-state index in [9.17, 15) is 9.59 Å². The van der Waals surface area contributed by atoms with Gasteiger partial charge in [0.2, 0.25) is 0 Å². The van der Waals surface area contributed by atoms with Crippen LogP contribution in [0.1, 0.15) is 27.1 Å². The first-order valence-electron chi connectivity index (χ1n) is 12.9. The zero-order valence-corrected chi connectivity index (χ0v) is 22.6. The number of likely N-dealkylation sites (N-methyl/N-ethyl adjacent to an activating group) is 1. The third kappa shape index (κ3) is 5.64. The summed E-state index contributed by atoms with van der Waals surface area (Å²) in [5, 5.41) is 6.20. The average Bonchev–Trinajstić information content (AvgIpc) is 3.35. The number of hydrogen-bond donors (Lipinski definition) is 1. The van der Waals surface area contributed by atoms with Crippen molar-refractivity contribution in [2.24, 2.45) is 0 Å². The van der Waals surface area contributed by atoms with Gasteiger partial charge in [-0.15, -0.1) is 11.3 Å². The van der Waals surface area contributed by atoms with Gasteiger partial charge in [-0.05, 0) is 73.4 Å². The summed E-state index contributed by atoms with van der Waals surface area (Å²) in [5.74, 6) is -0.205.